The first-order valence-corrected chi connectivity index (χ1v) is 11.4. The van der Waals surface area contributed by atoms with Crippen LogP contribution in [0.1, 0.15) is 43.0 Å². The zero-order valence-electron chi connectivity index (χ0n) is 18.4. The van der Waals surface area contributed by atoms with Crippen molar-refractivity contribution in [2.24, 2.45) is 0 Å². The molecule has 7 nitrogen and oxygen atoms in total. The van der Waals surface area contributed by atoms with E-state index in [0.717, 1.165) is 11.1 Å². The number of aliphatic carboxylic acids is 1. The summed E-state index contributed by atoms with van der Waals surface area (Å²) in [7, 11) is -3.89. The summed E-state index contributed by atoms with van der Waals surface area (Å²) in [5.74, 6) is -0.278. The minimum Gasteiger partial charge on any atom is -0.550 e. The molecule has 0 aromatic heterocycles. The van der Waals surface area contributed by atoms with E-state index in [0.29, 0.717) is 36.7 Å². The number of fused-ring (bicyclic) bond motifs is 1. The first-order valence-electron chi connectivity index (χ1n) is 9.98. The first kappa shape index (κ1) is 26.3. The summed E-state index contributed by atoms with van der Waals surface area (Å²) < 4.78 is 39.3. The molecule has 0 saturated carbocycles. The monoisotopic (exact) mass is 471 g/mol. The second-order valence-corrected chi connectivity index (χ2v) is 9.03. The largest absolute Gasteiger partial charge is 1.00 e. The Morgan fingerprint density at radius 3 is 2.23 bits per heavy atom. The molecule has 1 aliphatic rings. The maximum absolute atomic E-state index is 13.3. The van der Waals surface area contributed by atoms with Crippen LogP contribution >= 0.6 is 0 Å². The van der Waals surface area contributed by atoms with E-state index in [1.54, 1.807) is 30.3 Å². The zero-order valence-corrected chi connectivity index (χ0v) is 22.3. The van der Waals surface area contributed by atoms with Gasteiger partial charge in [-0.05, 0) is 62.6 Å². The fourth-order valence-electron chi connectivity index (χ4n) is 3.73. The minimum absolute atomic E-state index is 0. The fourth-order valence-corrected chi connectivity index (χ4v) is 5.33. The van der Waals surface area contributed by atoms with E-state index >= 15 is 0 Å². The molecule has 1 heterocycles. The Balaban J connectivity index is 0.00000341. The summed E-state index contributed by atoms with van der Waals surface area (Å²) in [5.41, 5.74) is 2.39. The molecule has 1 unspecified atom stereocenters. The number of hydrogen-bond acceptors (Lipinski definition) is 6. The van der Waals surface area contributed by atoms with Gasteiger partial charge >= 0.3 is 51.4 Å². The van der Waals surface area contributed by atoms with Crippen LogP contribution in [0.4, 0.5) is 0 Å². The summed E-state index contributed by atoms with van der Waals surface area (Å²) >= 11 is 0. The van der Waals surface area contributed by atoms with Crippen molar-refractivity contribution in [3.8, 4) is 11.5 Å². The summed E-state index contributed by atoms with van der Waals surface area (Å²) in [6.45, 7) is 6.59. The van der Waals surface area contributed by atoms with Crippen LogP contribution in [0.5, 0.6) is 11.5 Å². The maximum Gasteiger partial charge on any atom is 1.00 e. The maximum atomic E-state index is 13.3. The minimum atomic E-state index is -3.89. The average Bonchev–Trinajstić information content (AvgIpc) is 2.69. The standard InChI is InChI=1S/C22H27NO6S.K/c1-4-28-20-12-16-10-11-23(30(26,27)17-8-6-15(3)7-9-17)19(14-22(24)25)18(16)13-21(20)29-5-2;/h6-9,12-13,19H,4-5,10-11,14H2,1-3H3,(H,24,25);/q;+1/p-1. The van der Waals surface area contributed by atoms with Gasteiger partial charge in [-0.3, -0.25) is 0 Å². The van der Waals surface area contributed by atoms with Gasteiger partial charge in [0.15, 0.2) is 11.5 Å². The Morgan fingerprint density at radius 1 is 1.10 bits per heavy atom. The van der Waals surface area contributed by atoms with Gasteiger partial charge in [0.2, 0.25) is 10.0 Å². The number of hydrogen-bond donors (Lipinski definition) is 0. The second kappa shape index (κ2) is 11.3. The van der Waals surface area contributed by atoms with Crippen molar-refractivity contribution in [1.29, 1.82) is 0 Å². The number of ether oxygens (including phenoxy) is 2. The van der Waals surface area contributed by atoms with Crippen molar-refractivity contribution in [3.63, 3.8) is 0 Å². The van der Waals surface area contributed by atoms with Crippen molar-refractivity contribution >= 4 is 16.0 Å². The molecule has 0 spiro atoms. The number of nitrogens with zero attached hydrogens (tertiary/aromatic N) is 1. The van der Waals surface area contributed by atoms with Crippen LogP contribution in [0.15, 0.2) is 41.3 Å². The molecule has 162 valence electrons. The predicted octanol–water partition coefficient (Wildman–Crippen LogP) is -0.775. The van der Waals surface area contributed by atoms with Gasteiger partial charge in [-0.25, -0.2) is 8.42 Å². The third-order valence-electron chi connectivity index (χ3n) is 5.10. The number of carbonyl (C=O) groups excluding carboxylic acids is 1. The Kier molecular flexibility index (Phi) is 9.56. The molecule has 1 aliphatic heterocycles. The molecular formula is C22H26KNO6S. The Morgan fingerprint density at radius 2 is 1.68 bits per heavy atom. The molecule has 0 amide bonds. The molecule has 0 saturated heterocycles. The van der Waals surface area contributed by atoms with Crippen molar-refractivity contribution < 1.29 is 79.2 Å². The molecule has 2 aromatic rings. The van der Waals surface area contributed by atoms with Gasteiger partial charge in [0.25, 0.3) is 0 Å². The van der Waals surface area contributed by atoms with Crippen molar-refractivity contribution in [3.05, 3.63) is 53.1 Å². The topological polar surface area (TPSA) is 96.0 Å². The fraction of sp³-hybridized carbons (Fsp3) is 0.409. The van der Waals surface area contributed by atoms with E-state index in [9.17, 15) is 18.3 Å². The van der Waals surface area contributed by atoms with Gasteiger partial charge in [-0.1, -0.05) is 17.7 Å². The first-order chi connectivity index (χ1) is 14.3. The Labute approximate surface area is 226 Å². The summed E-state index contributed by atoms with van der Waals surface area (Å²) in [6, 6.07) is 9.16. The van der Waals surface area contributed by atoms with E-state index in [-0.39, 0.29) is 62.8 Å². The summed E-state index contributed by atoms with van der Waals surface area (Å²) in [6.07, 6.45) is -0.00586. The van der Waals surface area contributed by atoms with Gasteiger partial charge in [-0.2, -0.15) is 4.31 Å². The molecule has 1 atom stereocenters. The van der Waals surface area contributed by atoms with Crippen molar-refractivity contribution in [2.75, 3.05) is 19.8 Å². The van der Waals surface area contributed by atoms with Crippen molar-refractivity contribution in [2.45, 2.75) is 44.6 Å². The Bertz CT molecular complexity index is 1020. The number of benzene rings is 2. The number of carbonyl (C=O) groups is 1. The van der Waals surface area contributed by atoms with Gasteiger partial charge in [0.05, 0.1) is 24.2 Å². The predicted molar refractivity (Wildman–Crippen MR) is 110 cm³/mol. The van der Waals surface area contributed by atoms with Gasteiger partial charge in [-0.15, -0.1) is 0 Å². The van der Waals surface area contributed by atoms with Crippen LogP contribution < -0.4 is 66.0 Å². The SMILES string of the molecule is CCOc1cc2c(cc1OCC)C(CC(=O)[O-])N(S(=O)(=O)c1ccc(C)cc1)CC2.[K+]. The number of sulfonamides is 1. The molecule has 31 heavy (non-hydrogen) atoms. The van der Waals surface area contributed by atoms with Gasteiger partial charge in [0.1, 0.15) is 0 Å². The molecule has 0 N–H and O–H groups in total. The van der Waals surface area contributed by atoms with E-state index in [1.165, 1.54) is 4.31 Å². The van der Waals surface area contributed by atoms with Crippen LogP contribution in [-0.2, 0) is 21.2 Å². The average molecular weight is 472 g/mol. The third-order valence-corrected chi connectivity index (χ3v) is 7.02. The summed E-state index contributed by atoms with van der Waals surface area (Å²) in [4.78, 5) is 11.7. The molecule has 0 fully saturated rings. The molecule has 9 heteroatoms. The van der Waals surface area contributed by atoms with Crippen molar-refractivity contribution in [1.82, 2.24) is 4.31 Å². The summed E-state index contributed by atoms with van der Waals surface area (Å²) in [5, 5.41) is 11.5. The van der Waals surface area contributed by atoms with Gasteiger partial charge in [0, 0.05) is 18.9 Å². The van der Waals surface area contributed by atoms with E-state index in [1.807, 2.05) is 26.8 Å². The zero-order chi connectivity index (χ0) is 21.9. The van der Waals surface area contributed by atoms with Gasteiger partial charge < -0.3 is 19.4 Å². The molecule has 0 bridgehead atoms. The van der Waals surface area contributed by atoms with Crippen LogP contribution in [0.25, 0.3) is 0 Å². The van der Waals surface area contributed by atoms with Crippen LogP contribution in [-0.4, -0.2) is 38.5 Å². The molecule has 0 radical (unpaired) electrons. The molecular weight excluding hydrogens is 445 g/mol. The number of aryl methyl sites for hydroxylation is 1. The number of carboxylic acid groups (broad SMARTS) is 1. The molecule has 3 rings (SSSR count). The third kappa shape index (κ3) is 5.90. The second-order valence-electron chi connectivity index (χ2n) is 7.13. The van der Waals surface area contributed by atoms with E-state index in [2.05, 4.69) is 0 Å². The smallest absolute Gasteiger partial charge is 0.550 e. The number of carboxylic acids is 1. The normalized spacial score (nSPS) is 16.2. The van der Waals surface area contributed by atoms with E-state index in [4.69, 9.17) is 9.47 Å². The Hall–Kier alpha value is -0.944. The van der Waals surface area contributed by atoms with Crippen LogP contribution in [0, 0.1) is 6.92 Å². The van der Waals surface area contributed by atoms with Crippen LogP contribution in [0.2, 0.25) is 0 Å². The molecule has 0 aliphatic carbocycles. The van der Waals surface area contributed by atoms with Crippen LogP contribution in [0.3, 0.4) is 0 Å². The quantitative estimate of drug-likeness (QED) is 0.469. The van der Waals surface area contributed by atoms with E-state index < -0.39 is 28.5 Å². The molecule has 2 aromatic carbocycles. The number of rotatable bonds is 8.